The predicted molar refractivity (Wildman–Crippen MR) is 61.5 cm³/mol. The van der Waals surface area contributed by atoms with Gasteiger partial charge in [-0.05, 0) is 12.1 Å². The number of carbonyl (C=O) groups is 1. The van der Waals surface area contributed by atoms with Crippen molar-refractivity contribution in [2.75, 3.05) is 13.1 Å². The number of halogens is 1. The van der Waals surface area contributed by atoms with Crippen molar-refractivity contribution in [3.63, 3.8) is 0 Å². The average Bonchev–Trinajstić information content (AvgIpc) is 2.22. The molecule has 1 aromatic heterocycles. The van der Waals surface area contributed by atoms with Crippen molar-refractivity contribution in [3.05, 3.63) is 28.5 Å². The van der Waals surface area contributed by atoms with E-state index in [0.29, 0.717) is 18.6 Å². The summed E-state index contributed by atoms with van der Waals surface area (Å²) in [6, 6.07) is 3.94. The maximum absolute atomic E-state index is 11.1. The fraction of sp³-hybridized carbons (Fsp3) is 0.455. The predicted octanol–water partition coefficient (Wildman–Crippen LogP) is 2.01. The summed E-state index contributed by atoms with van der Waals surface area (Å²) in [5.74, 6) is 0.383. The molecule has 0 unspecified atom stereocenters. The smallest absolute Gasteiger partial charge is 0.135 e. The van der Waals surface area contributed by atoms with E-state index in [1.165, 1.54) is 0 Å². The summed E-state index contributed by atoms with van der Waals surface area (Å²) in [4.78, 5) is 17.6. The SMILES string of the molecule is O=C1CCN(Cc2cc(Br)ccn2)CC1. The highest BCUT2D eigenvalue weighted by molar-refractivity contribution is 9.10. The Labute approximate surface area is 97.6 Å². The molecule has 0 atom stereocenters. The highest BCUT2D eigenvalue weighted by Gasteiger charge is 2.16. The summed E-state index contributed by atoms with van der Waals surface area (Å²) >= 11 is 3.42. The van der Waals surface area contributed by atoms with Crippen LogP contribution in [0.5, 0.6) is 0 Å². The van der Waals surface area contributed by atoms with Crippen LogP contribution in [0.3, 0.4) is 0 Å². The molecule has 0 aromatic carbocycles. The van der Waals surface area contributed by atoms with Crippen molar-refractivity contribution < 1.29 is 4.79 Å². The van der Waals surface area contributed by atoms with Gasteiger partial charge in [0, 0.05) is 43.1 Å². The molecular weight excluding hydrogens is 256 g/mol. The molecule has 2 rings (SSSR count). The van der Waals surface area contributed by atoms with Crippen molar-refractivity contribution in [2.24, 2.45) is 0 Å². The first-order valence-electron chi connectivity index (χ1n) is 5.08. The van der Waals surface area contributed by atoms with E-state index in [0.717, 1.165) is 29.8 Å². The third-order valence-corrected chi connectivity index (χ3v) is 3.07. The molecule has 3 nitrogen and oxygen atoms in total. The van der Waals surface area contributed by atoms with Crippen LogP contribution in [0.4, 0.5) is 0 Å². The molecule has 0 saturated carbocycles. The van der Waals surface area contributed by atoms with Crippen LogP contribution in [-0.4, -0.2) is 28.8 Å². The molecular formula is C11H13BrN2O. The average molecular weight is 269 g/mol. The van der Waals surface area contributed by atoms with Crippen LogP contribution < -0.4 is 0 Å². The summed E-state index contributed by atoms with van der Waals surface area (Å²) in [7, 11) is 0. The second kappa shape index (κ2) is 4.86. The van der Waals surface area contributed by atoms with E-state index in [4.69, 9.17) is 0 Å². The fourth-order valence-electron chi connectivity index (χ4n) is 1.72. The van der Waals surface area contributed by atoms with Gasteiger partial charge in [-0.1, -0.05) is 15.9 Å². The zero-order chi connectivity index (χ0) is 10.7. The van der Waals surface area contributed by atoms with E-state index in [1.54, 1.807) is 6.20 Å². The lowest BCUT2D eigenvalue weighted by molar-refractivity contribution is -0.121. The molecule has 4 heteroatoms. The number of likely N-dealkylation sites (tertiary alicyclic amines) is 1. The molecule has 1 aliphatic heterocycles. The number of hydrogen-bond acceptors (Lipinski definition) is 3. The van der Waals surface area contributed by atoms with Crippen LogP contribution in [0.2, 0.25) is 0 Å². The lowest BCUT2D eigenvalue weighted by Crippen LogP contribution is -2.33. The van der Waals surface area contributed by atoms with Gasteiger partial charge in [-0.15, -0.1) is 0 Å². The number of hydrogen-bond donors (Lipinski definition) is 0. The third kappa shape index (κ3) is 3.11. The van der Waals surface area contributed by atoms with Gasteiger partial charge in [-0.3, -0.25) is 14.7 Å². The summed E-state index contributed by atoms with van der Waals surface area (Å²) in [6.45, 7) is 2.58. The van der Waals surface area contributed by atoms with Gasteiger partial charge in [-0.2, -0.15) is 0 Å². The fourth-order valence-corrected chi connectivity index (χ4v) is 2.11. The topological polar surface area (TPSA) is 33.2 Å². The zero-order valence-corrected chi connectivity index (χ0v) is 10.0. The number of Topliss-reactive ketones (excluding diaryl/α,β-unsaturated/α-hetero) is 1. The first kappa shape index (κ1) is 10.8. The molecule has 0 radical (unpaired) electrons. The highest BCUT2D eigenvalue weighted by atomic mass is 79.9. The molecule has 1 aliphatic rings. The van der Waals surface area contributed by atoms with Gasteiger partial charge in [-0.25, -0.2) is 0 Å². The normalized spacial score (nSPS) is 18.1. The molecule has 15 heavy (non-hydrogen) atoms. The first-order chi connectivity index (χ1) is 7.24. The standard InChI is InChI=1S/C11H13BrN2O/c12-9-1-4-13-10(7-9)8-14-5-2-11(15)3-6-14/h1,4,7H,2-3,5-6,8H2. The Bertz CT molecular complexity index is 357. The van der Waals surface area contributed by atoms with Gasteiger partial charge < -0.3 is 0 Å². The van der Waals surface area contributed by atoms with Gasteiger partial charge in [0.2, 0.25) is 0 Å². The minimum Gasteiger partial charge on any atom is -0.300 e. The van der Waals surface area contributed by atoms with Crippen LogP contribution in [-0.2, 0) is 11.3 Å². The minimum atomic E-state index is 0.383. The number of piperidine rings is 1. The number of carbonyl (C=O) groups excluding carboxylic acids is 1. The highest BCUT2D eigenvalue weighted by Crippen LogP contribution is 2.13. The molecule has 1 fully saturated rings. The van der Waals surface area contributed by atoms with Crippen molar-refractivity contribution in [3.8, 4) is 0 Å². The van der Waals surface area contributed by atoms with Crippen molar-refractivity contribution in [2.45, 2.75) is 19.4 Å². The quantitative estimate of drug-likeness (QED) is 0.823. The van der Waals surface area contributed by atoms with E-state index in [2.05, 4.69) is 25.8 Å². The van der Waals surface area contributed by atoms with Gasteiger partial charge in [0.05, 0.1) is 5.69 Å². The summed E-state index contributed by atoms with van der Waals surface area (Å²) in [5.41, 5.74) is 1.05. The second-order valence-corrected chi connectivity index (χ2v) is 4.70. The zero-order valence-electron chi connectivity index (χ0n) is 8.45. The van der Waals surface area contributed by atoms with Gasteiger partial charge in [0.1, 0.15) is 5.78 Å². The van der Waals surface area contributed by atoms with E-state index in [1.807, 2.05) is 12.1 Å². The number of aromatic nitrogens is 1. The monoisotopic (exact) mass is 268 g/mol. The molecule has 0 aliphatic carbocycles. The molecule has 1 saturated heterocycles. The van der Waals surface area contributed by atoms with Crippen LogP contribution in [0.1, 0.15) is 18.5 Å². The maximum atomic E-state index is 11.1. The molecule has 2 heterocycles. The first-order valence-corrected chi connectivity index (χ1v) is 5.88. The Balaban J connectivity index is 1.94. The van der Waals surface area contributed by atoms with E-state index in [9.17, 15) is 4.79 Å². The third-order valence-electron chi connectivity index (χ3n) is 2.58. The Morgan fingerprint density at radius 1 is 1.40 bits per heavy atom. The van der Waals surface area contributed by atoms with Crippen LogP contribution in [0.25, 0.3) is 0 Å². The van der Waals surface area contributed by atoms with Gasteiger partial charge in [0.15, 0.2) is 0 Å². The Hall–Kier alpha value is -0.740. The number of nitrogens with zero attached hydrogens (tertiary/aromatic N) is 2. The lowest BCUT2D eigenvalue weighted by Gasteiger charge is -2.25. The van der Waals surface area contributed by atoms with Crippen LogP contribution >= 0.6 is 15.9 Å². The van der Waals surface area contributed by atoms with E-state index in [-0.39, 0.29) is 0 Å². The summed E-state index contributed by atoms with van der Waals surface area (Å²) < 4.78 is 1.06. The molecule has 80 valence electrons. The van der Waals surface area contributed by atoms with Crippen molar-refractivity contribution >= 4 is 21.7 Å². The Morgan fingerprint density at radius 2 is 2.13 bits per heavy atom. The van der Waals surface area contributed by atoms with Crippen molar-refractivity contribution in [1.29, 1.82) is 0 Å². The van der Waals surface area contributed by atoms with Crippen molar-refractivity contribution in [1.82, 2.24) is 9.88 Å². The van der Waals surface area contributed by atoms with E-state index < -0.39 is 0 Å². The lowest BCUT2D eigenvalue weighted by atomic mass is 10.1. The van der Waals surface area contributed by atoms with Gasteiger partial charge in [0.25, 0.3) is 0 Å². The molecule has 1 aromatic rings. The minimum absolute atomic E-state index is 0.383. The van der Waals surface area contributed by atoms with Crippen LogP contribution in [0, 0.1) is 0 Å². The largest absolute Gasteiger partial charge is 0.300 e. The summed E-state index contributed by atoms with van der Waals surface area (Å²) in [5, 5.41) is 0. The van der Waals surface area contributed by atoms with Gasteiger partial charge >= 0.3 is 0 Å². The van der Waals surface area contributed by atoms with E-state index >= 15 is 0 Å². The molecule has 0 amide bonds. The number of pyridine rings is 1. The summed E-state index contributed by atoms with van der Waals surface area (Å²) in [6.07, 6.45) is 3.18. The molecule has 0 bridgehead atoms. The number of rotatable bonds is 2. The Morgan fingerprint density at radius 3 is 2.80 bits per heavy atom. The number of ketones is 1. The molecule has 0 N–H and O–H groups in total. The second-order valence-electron chi connectivity index (χ2n) is 3.78. The Kier molecular flexibility index (Phi) is 3.49. The molecule has 0 spiro atoms. The maximum Gasteiger partial charge on any atom is 0.135 e. The van der Waals surface area contributed by atoms with Crippen LogP contribution in [0.15, 0.2) is 22.8 Å².